The lowest BCUT2D eigenvalue weighted by atomic mass is 9.90. The van der Waals surface area contributed by atoms with Crippen molar-refractivity contribution in [2.45, 2.75) is 45.6 Å². The number of aromatic nitrogens is 1. The molecule has 0 aliphatic rings. The molecule has 0 saturated heterocycles. The molecule has 112 valence electrons. The average molecular weight is 279 g/mol. The highest BCUT2D eigenvalue weighted by atomic mass is 16.3. The highest BCUT2D eigenvalue weighted by Gasteiger charge is 2.20. The summed E-state index contributed by atoms with van der Waals surface area (Å²) >= 11 is 0. The second kappa shape index (κ2) is 6.22. The third-order valence-electron chi connectivity index (χ3n) is 3.09. The van der Waals surface area contributed by atoms with E-state index in [1.165, 1.54) is 0 Å². The maximum atomic E-state index is 12.3. The number of hydrogen-bond acceptors (Lipinski definition) is 4. The van der Waals surface area contributed by atoms with Crippen LogP contribution in [-0.2, 0) is 5.41 Å². The Balaban J connectivity index is 2.96. The van der Waals surface area contributed by atoms with E-state index in [4.69, 9.17) is 5.73 Å². The predicted octanol–water partition coefficient (Wildman–Crippen LogP) is 1.80. The number of rotatable bonds is 4. The third-order valence-corrected chi connectivity index (χ3v) is 3.09. The molecular formula is C15H25N3O2. The Morgan fingerprint density at radius 1 is 1.45 bits per heavy atom. The Kier molecular flexibility index (Phi) is 5.11. The molecule has 0 aliphatic carbocycles. The summed E-state index contributed by atoms with van der Waals surface area (Å²) in [4.78, 5) is 18.2. The van der Waals surface area contributed by atoms with Crippen molar-refractivity contribution in [2.24, 2.45) is 0 Å². The quantitative estimate of drug-likeness (QED) is 0.881. The van der Waals surface area contributed by atoms with Crippen molar-refractivity contribution >= 4 is 11.7 Å². The fraction of sp³-hybridized carbons (Fsp3) is 0.600. The smallest absolute Gasteiger partial charge is 0.253 e. The van der Waals surface area contributed by atoms with Gasteiger partial charge in [0.15, 0.2) is 0 Å². The standard InChI is InChI=1S/C15H25N3O2/c1-10(19)6-7-18(5)14(20)11-8-12(15(2,3)4)17-13(16)9-11/h8-10,19H,6-7H2,1-5H3,(H2,16,17). The summed E-state index contributed by atoms with van der Waals surface area (Å²) in [6.45, 7) is 8.30. The zero-order valence-corrected chi connectivity index (χ0v) is 13.0. The van der Waals surface area contributed by atoms with E-state index in [0.717, 1.165) is 5.69 Å². The minimum absolute atomic E-state index is 0.106. The zero-order chi connectivity index (χ0) is 15.5. The molecule has 1 heterocycles. The van der Waals surface area contributed by atoms with E-state index in [0.29, 0.717) is 24.3 Å². The minimum Gasteiger partial charge on any atom is -0.393 e. The van der Waals surface area contributed by atoms with Crippen LogP contribution in [0.5, 0.6) is 0 Å². The molecule has 5 heteroatoms. The SMILES string of the molecule is CC(O)CCN(C)C(=O)c1cc(N)nc(C(C)(C)C)c1. The van der Waals surface area contributed by atoms with Gasteiger partial charge in [-0.15, -0.1) is 0 Å². The predicted molar refractivity (Wildman–Crippen MR) is 80.6 cm³/mol. The van der Waals surface area contributed by atoms with Crippen LogP contribution in [0.15, 0.2) is 12.1 Å². The Labute approximate surface area is 120 Å². The number of aliphatic hydroxyl groups excluding tert-OH is 1. The van der Waals surface area contributed by atoms with Crippen LogP contribution >= 0.6 is 0 Å². The molecule has 1 aromatic heterocycles. The van der Waals surface area contributed by atoms with E-state index in [-0.39, 0.29) is 11.3 Å². The number of nitrogen functional groups attached to an aromatic ring is 1. The van der Waals surface area contributed by atoms with Crippen molar-refractivity contribution in [3.8, 4) is 0 Å². The maximum Gasteiger partial charge on any atom is 0.253 e. The average Bonchev–Trinajstić information content (AvgIpc) is 2.33. The molecule has 1 rings (SSSR count). The van der Waals surface area contributed by atoms with E-state index in [1.54, 1.807) is 31.0 Å². The van der Waals surface area contributed by atoms with E-state index in [9.17, 15) is 9.90 Å². The molecule has 0 spiro atoms. The molecule has 1 aromatic rings. The number of nitrogens with zero attached hydrogens (tertiary/aromatic N) is 2. The second-order valence-corrected chi connectivity index (χ2v) is 6.28. The van der Waals surface area contributed by atoms with Crippen molar-refractivity contribution in [3.63, 3.8) is 0 Å². The van der Waals surface area contributed by atoms with E-state index < -0.39 is 6.10 Å². The molecule has 0 aromatic carbocycles. The highest BCUT2D eigenvalue weighted by molar-refractivity contribution is 5.94. The van der Waals surface area contributed by atoms with Crippen molar-refractivity contribution in [1.82, 2.24) is 9.88 Å². The lowest BCUT2D eigenvalue weighted by Crippen LogP contribution is -2.30. The Bertz CT molecular complexity index is 478. The monoisotopic (exact) mass is 279 g/mol. The molecule has 1 unspecified atom stereocenters. The van der Waals surface area contributed by atoms with Gasteiger partial charge in [0.25, 0.3) is 5.91 Å². The van der Waals surface area contributed by atoms with Gasteiger partial charge in [-0.05, 0) is 25.5 Å². The first-order valence-electron chi connectivity index (χ1n) is 6.83. The molecule has 3 N–H and O–H groups in total. The molecule has 1 amide bonds. The third kappa shape index (κ3) is 4.49. The normalized spacial score (nSPS) is 13.1. The van der Waals surface area contributed by atoms with E-state index in [2.05, 4.69) is 4.98 Å². The molecule has 0 fully saturated rings. The summed E-state index contributed by atoms with van der Waals surface area (Å²) in [5.74, 6) is 0.245. The zero-order valence-electron chi connectivity index (χ0n) is 13.0. The van der Waals surface area contributed by atoms with Crippen LogP contribution in [0.4, 0.5) is 5.82 Å². The molecule has 5 nitrogen and oxygen atoms in total. The van der Waals surface area contributed by atoms with Gasteiger partial charge >= 0.3 is 0 Å². The molecule has 0 radical (unpaired) electrons. The highest BCUT2D eigenvalue weighted by Crippen LogP contribution is 2.23. The van der Waals surface area contributed by atoms with Gasteiger partial charge in [0.2, 0.25) is 0 Å². The number of pyridine rings is 1. The Hall–Kier alpha value is -1.62. The first-order valence-corrected chi connectivity index (χ1v) is 6.83. The van der Waals surface area contributed by atoms with Crippen molar-refractivity contribution in [2.75, 3.05) is 19.3 Å². The van der Waals surface area contributed by atoms with Gasteiger partial charge in [0.1, 0.15) is 5.82 Å². The fourth-order valence-corrected chi connectivity index (χ4v) is 1.76. The van der Waals surface area contributed by atoms with Crippen LogP contribution in [0.2, 0.25) is 0 Å². The number of amides is 1. The lowest BCUT2D eigenvalue weighted by Gasteiger charge is -2.21. The van der Waals surface area contributed by atoms with Crippen LogP contribution in [0.1, 0.15) is 50.2 Å². The summed E-state index contributed by atoms with van der Waals surface area (Å²) in [5, 5.41) is 9.28. The number of carbonyl (C=O) groups is 1. The second-order valence-electron chi connectivity index (χ2n) is 6.28. The minimum atomic E-state index is -0.419. The van der Waals surface area contributed by atoms with Gasteiger partial charge in [-0.25, -0.2) is 4.98 Å². The van der Waals surface area contributed by atoms with Crippen LogP contribution in [-0.4, -0.2) is 40.6 Å². The fourth-order valence-electron chi connectivity index (χ4n) is 1.76. The van der Waals surface area contributed by atoms with Gasteiger partial charge in [-0.2, -0.15) is 0 Å². The number of aliphatic hydroxyl groups is 1. The van der Waals surface area contributed by atoms with Crippen LogP contribution in [0.25, 0.3) is 0 Å². The van der Waals surface area contributed by atoms with Crippen molar-refractivity contribution in [1.29, 1.82) is 0 Å². The number of anilines is 1. The molecule has 0 aliphatic heterocycles. The van der Waals surface area contributed by atoms with Gasteiger partial charge in [-0.1, -0.05) is 20.8 Å². The van der Waals surface area contributed by atoms with Crippen LogP contribution < -0.4 is 5.73 Å². The topological polar surface area (TPSA) is 79.5 Å². The number of hydrogen-bond donors (Lipinski definition) is 2. The van der Waals surface area contributed by atoms with Gasteiger partial charge in [0, 0.05) is 30.3 Å². The summed E-state index contributed by atoms with van der Waals surface area (Å²) in [5.41, 5.74) is 6.96. The van der Waals surface area contributed by atoms with Crippen LogP contribution in [0.3, 0.4) is 0 Å². The van der Waals surface area contributed by atoms with Gasteiger partial charge in [-0.3, -0.25) is 4.79 Å². The van der Waals surface area contributed by atoms with Crippen LogP contribution in [0, 0.1) is 0 Å². The number of carbonyl (C=O) groups excluding carboxylic acids is 1. The first-order chi connectivity index (χ1) is 9.11. The van der Waals surface area contributed by atoms with Crippen molar-refractivity contribution in [3.05, 3.63) is 23.4 Å². The lowest BCUT2D eigenvalue weighted by molar-refractivity contribution is 0.0768. The van der Waals surface area contributed by atoms with E-state index in [1.807, 2.05) is 20.8 Å². The molecule has 0 bridgehead atoms. The largest absolute Gasteiger partial charge is 0.393 e. The summed E-state index contributed by atoms with van der Waals surface area (Å²) < 4.78 is 0. The molecular weight excluding hydrogens is 254 g/mol. The summed E-state index contributed by atoms with van der Waals surface area (Å²) in [6, 6.07) is 3.38. The first kappa shape index (κ1) is 16.4. The molecule has 0 saturated carbocycles. The van der Waals surface area contributed by atoms with Gasteiger partial charge < -0.3 is 15.7 Å². The Morgan fingerprint density at radius 2 is 2.05 bits per heavy atom. The molecule has 1 atom stereocenters. The van der Waals surface area contributed by atoms with E-state index >= 15 is 0 Å². The molecule has 20 heavy (non-hydrogen) atoms. The van der Waals surface area contributed by atoms with Crippen molar-refractivity contribution < 1.29 is 9.90 Å². The maximum absolute atomic E-state index is 12.3. The Morgan fingerprint density at radius 3 is 2.55 bits per heavy atom. The summed E-state index contributed by atoms with van der Waals surface area (Å²) in [6.07, 6.45) is 0.132. The number of nitrogens with two attached hydrogens (primary N) is 1. The summed E-state index contributed by atoms with van der Waals surface area (Å²) in [7, 11) is 1.72. The van der Waals surface area contributed by atoms with Gasteiger partial charge in [0.05, 0.1) is 6.10 Å².